The summed E-state index contributed by atoms with van der Waals surface area (Å²) in [6.07, 6.45) is -4.91. The van der Waals surface area contributed by atoms with Crippen molar-refractivity contribution in [2.24, 2.45) is 0 Å². The van der Waals surface area contributed by atoms with Crippen LogP contribution in [0.2, 0.25) is 0 Å². The minimum absolute atomic E-state index is 0. The third kappa shape index (κ3) is 18.0. The van der Waals surface area contributed by atoms with Crippen molar-refractivity contribution >= 4 is 20.2 Å². The van der Waals surface area contributed by atoms with Gasteiger partial charge in [-0.25, -0.2) is 0 Å². The molecule has 5 nitrogen and oxygen atoms in total. The molecule has 0 atom stereocenters. The van der Waals surface area contributed by atoms with E-state index in [4.69, 9.17) is 13.6 Å². The fraction of sp³-hybridized carbons (Fsp3) is 0.727. The average molecular weight is 428 g/mol. The van der Waals surface area contributed by atoms with Crippen LogP contribution >= 0.6 is 8.60 Å². The third-order valence-corrected chi connectivity index (χ3v) is 2.97. The summed E-state index contributed by atoms with van der Waals surface area (Å²) >= 11 is 0. The molecule has 0 aromatic carbocycles. The van der Waals surface area contributed by atoms with E-state index in [9.17, 15) is 22.8 Å². The van der Waals surface area contributed by atoms with Crippen LogP contribution < -0.4 is 0 Å². The van der Waals surface area contributed by atoms with Crippen molar-refractivity contribution < 1.29 is 58.7 Å². The van der Waals surface area contributed by atoms with Crippen LogP contribution in [0.4, 0.5) is 13.2 Å². The zero-order chi connectivity index (χ0) is 16.2. The number of carbonyl (C=O) groups excluding carboxylic acids is 2. The summed E-state index contributed by atoms with van der Waals surface area (Å²) in [4.78, 5) is 19.8. The second-order valence-corrected chi connectivity index (χ2v) is 4.53. The van der Waals surface area contributed by atoms with Crippen LogP contribution in [-0.4, -0.2) is 37.6 Å². The van der Waals surface area contributed by atoms with Gasteiger partial charge < -0.3 is 9.59 Å². The topological polar surface area (TPSA) is 61.8 Å². The standard InChI is InChI=1S/C6H16O3P.C5H4F3O2.Ag/c1-4-7-10(8-5-2)9-6-3;1-3(9)2-4(10)5(6,7)8;/h10H,4-6H2,1-3H3;2H,1H3;/q+1;-1;+1. The smallest absolute Gasteiger partial charge is 0.334 e. The van der Waals surface area contributed by atoms with E-state index < -0.39 is 26.3 Å². The van der Waals surface area contributed by atoms with Gasteiger partial charge in [-0.05, 0) is 27.7 Å². The van der Waals surface area contributed by atoms with Gasteiger partial charge in [0.1, 0.15) is 5.78 Å². The third-order valence-electron chi connectivity index (χ3n) is 1.40. The van der Waals surface area contributed by atoms with Crippen LogP contribution in [-0.2, 0) is 45.5 Å². The largest absolute Gasteiger partial charge is 1.00 e. The van der Waals surface area contributed by atoms with Crippen molar-refractivity contribution in [2.75, 3.05) is 19.8 Å². The number of hydrogen-bond donors (Lipinski definition) is 0. The van der Waals surface area contributed by atoms with Crippen molar-refractivity contribution in [1.82, 2.24) is 0 Å². The summed E-state index contributed by atoms with van der Waals surface area (Å²) in [5.74, 6) is -3.01. The van der Waals surface area contributed by atoms with Gasteiger partial charge in [-0.15, -0.1) is 0 Å². The zero-order valence-electron chi connectivity index (χ0n) is 12.2. The molecular weight excluding hydrogens is 408 g/mol. The van der Waals surface area contributed by atoms with Gasteiger partial charge in [0.25, 0.3) is 0 Å². The average Bonchev–Trinajstić information content (AvgIpc) is 2.28. The SMILES string of the molecule is CC(=O)[CH-]C(=O)C(F)(F)F.CCO[PH+](OCC)OCC.[Ag+]. The number of hydrogen-bond acceptors (Lipinski definition) is 5. The van der Waals surface area contributed by atoms with Crippen LogP contribution in [0.1, 0.15) is 27.7 Å². The molecule has 0 rings (SSSR count). The Balaban J connectivity index is -0.000000295. The van der Waals surface area contributed by atoms with Crippen LogP contribution in [0.25, 0.3) is 0 Å². The van der Waals surface area contributed by atoms with Gasteiger partial charge in [0.05, 0.1) is 19.8 Å². The monoisotopic (exact) mass is 427 g/mol. The Hall–Kier alpha value is 0.0503. The molecule has 0 amide bonds. The predicted molar refractivity (Wildman–Crippen MR) is 69.2 cm³/mol. The molecule has 0 aliphatic heterocycles. The fourth-order valence-electron chi connectivity index (χ4n) is 0.745. The Morgan fingerprint density at radius 3 is 1.48 bits per heavy atom. The minimum Gasteiger partial charge on any atom is -0.334 e. The van der Waals surface area contributed by atoms with Gasteiger partial charge in [0, 0.05) is 5.78 Å². The summed E-state index contributed by atoms with van der Waals surface area (Å²) in [6.45, 7) is 8.66. The molecule has 0 fully saturated rings. The molecule has 10 heteroatoms. The summed E-state index contributed by atoms with van der Waals surface area (Å²) in [7, 11) is -1.40. The second kappa shape index (κ2) is 15.0. The normalized spacial score (nSPS) is 10.3. The first kappa shape index (κ1) is 26.0. The molecule has 0 aliphatic rings. The molecule has 0 aromatic heterocycles. The Morgan fingerprint density at radius 1 is 1.00 bits per heavy atom. The Labute approximate surface area is 139 Å². The van der Waals surface area contributed by atoms with E-state index in [2.05, 4.69) is 0 Å². The minimum atomic E-state index is -4.92. The van der Waals surface area contributed by atoms with E-state index in [1.807, 2.05) is 20.8 Å². The predicted octanol–water partition coefficient (Wildman–Crippen LogP) is 2.96. The number of rotatable bonds is 8. The van der Waals surface area contributed by atoms with Gasteiger partial charge in [-0.1, -0.05) is 0 Å². The van der Waals surface area contributed by atoms with E-state index in [1.165, 1.54) is 0 Å². The zero-order valence-corrected chi connectivity index (χ0v) is 14.7. The van der Waals surface area contributed by atoms with E-state index in [-0.39, 0.29) is 28.8 Å². The maximum atomic E-state index is 11.3. The summed E-state index contributed by atoms with van der Waals surface area (Å²) in [5.41, 5.74) is 0. The Bertz CT molecular complexity index is 275. The number of alkyl halides is 3. The number of ketones is 2. The Kier molecular flexibility index (Phi) is 18.5. The van der Waals surface area contributed by atoms with Crippen molar-refractivity contribution in [3.8, 4) is 0 Å². The molecule has 0 saturated heterocycles. The second-order valence-electron chi connectivity index (χ2n) is 3.17. The van der Waals surface area contributed by atoms with Gasteiger partial charge >= 0.3 is 37.2 Å². The van der Waals surface area contributed by atoms with E-state index in [0.29, 0.717) is 19.8 Å². The first-order valence-corrected chi connectivity index (χ1v) is 7.13. The van der Waals surface area contributed by atoms with Crippen LogP contribution in [0.5, 0.6) is 0 Å². The fourth-order valence-corrected chi connectivity index (χ4v) is 1.70. The summed E-state index contributed by atoms with van der Waals surface area (Å²) < 4.78 is 49.4. The summed E-state index contributed by atoms with van der Waals surface area (Å²) in [5, 5.41) is 0. The van der Waals surface area contributed by atoms with Crippen molar-refractivity contribution in [2.45, 2.75) is 33.9 Å². The van der Waals surface area contributed by atoms with E-state index >= 15 is 0 Å². The molecule has 0 heterocycles. The molecule has 0 spiro atoms. The molecule has 0 aliphatic carbocycles. The first-order chi connectivity index (χ1) is 9.18. The molecule has 130 valence electrons. The molecule has 0 unspecified atom stereocenters. The Morgan fingerprint density at radius 2 is 1.33 bits per heavy atom. The van der Waals surface area contributed by atoms with Crippen molar-refractivity contribution in [1.29, 1.82) is 0 Å². The molecular formula is C11H20AgF3O5P+. The van der Waals surface area contributed by atoms with Crippen LogP contribution in [0.15, 0.2) is 0 Å². The van der Waals surface area contributed by atoms with E-state index in [1.54, 1.807) is 0 Å². The number of carbonyl (C=O) groups is 2. The molecule has 0 radical (unpaired) electrons. The first-order valence-electron chi connectivity index (χ1n) is 5.90. The summed E-state index contributed by atoms with van der Waals surface area (Å²) in [6, 6.07) is 0. The van der Waals surface area contributed by atoms with Gasteiger partial charge in [-0.2, -0.15) is 26.7 Å². The van der Waals surface area contributed by atoms with Gasteiger partial charge in [0.2, 0.25) is 0 Å². The molecule has 0 saturated carbocycles. The quantitative estimate of drug-likeness (QED) is 0.258. The molecule has 21 heavy (non-hydrogen) atoms. The molecule has 0 aromatic rings. The van der Waals surface area contributed by atoms with Gasteiger partial charge in [-0.3, -0.25) is 6.42 Å². The van der Waals surface area contributed by atoms with Crippen LogP contribution in [0.3, 0.4) is 0 Å². The number of Topliss-reactive ketones (excluding diaryl/α,β-unsaturated/α-hetero) is 2. The van der Waals surface area contributed by atoms with Gasteiger partial charge in [0.15, 0.2) is 0 Å². The van der Waals surface area contributed by atoms with E-state index in [0.717, 1.165) is 6.92 Å². The van der Waals surface area contributed by atoms with Crippen molar-refractivity contribution in [3.63, 3.8) is 0 Å². The number of halogens is 3. The van der Waals surface area contributed by atoms with Crippen molar-refractivity contribution in [3.05, 3.63) is 6.42 Å². The molecule has 0 N–H and O–H groups in total. The maximum absolute atomic E-state index is 11.3. The molecule has 0 bridgehead atoms. The van der Waals surface area contributed by atoms with Crippen LogP contribution in [0, 0.1) is 6.42 Å². The maximum Gasteiger partial charge on any atom is 1.00 e.